The minimum Gasteiger partial charge on any atom is -0.493 e. The molecule has 0 atom stereocenters. The topological polar surface area (TPSA) is 30.5 Å². The number of nitrogens with one attached hydrogen (secondary N) is 1. The van der Waals surface area contributed by atoms with E-state index in [4.69, 9.17) is 21.1 Å². The van der Waals surface area contributed by atoms with Crippen LogP contribution < -0.4 is 14.8 Å². The third-order valence-electron chi connectivity index (χ3n) is 4.36. The largest absolute Gasteiger partial charge is 0.493 e. The Morgan fingerprint density at radius 1 is 0.893 bits per heavy atom. The molecule has 0 unspecified atom stereocenters. The Balaban J connectivity index is 1.63. The smallest absolute Gasteiger partial charge is 0.180 e. The van der Waals surface area contributed by atoms with Crippen molar-refractivity contribution in [2.24, 2.45) is 0 Å². The molecular formula is C23H23ClFNO2. The maximum Gasteiger partial charge on any atom is 0.180 e. The molecule has 3 aromatic carbocycles. The van der Waals surface area contributed by atoms with E-state index in [-0.39, 0.29) is 12.4 Å². The molecule has 0 saturated heterocycles. The molecule has 0 aliphatic heterocycles. The minimum atomic E-state index is -0.276. The van der Waals surface area contributed by atoms with Crippen LogP contribution in [0.2, 0.25) is 5.02 Å². The van der Waals surface area contributed by atoms with Crippen LogP contribution in [0.5, 0.6) is 11.5 Å². The Morgan fingerprint density at radius 3 is 2.21 bits per heavy atom. The van der Waals surface area contributed by atoms with Crippen molar-refractivity contribution in [3.05, 3.63) is 93.8 Å². The quantitative estimate of drug-likeness (QED) is 0.529. The standard InChI is InChI=1S/C23H23ClFNO2/c1-16-3-5-17(6-4-16)13-26-14-19-11-21(24)23(22(12-19)27-2)28-15-18-7-9-20(25)10-8-18/h3-12,26H,13-15H2,1-2H3. The molecule has 0 heterocycles. The van der Waals surface area contributed by atoms with Crippen molar-refractivity contribution in [3.63, 3.8) is 0 Å². The molecule has 3 aromatic rings. The molecule has 1 N–H and O–H groups in total. The first-order chi connectivity index (χ1) is 13.5. The third kappa shape index (κ3) is 5.47. The maximum absolute atomic E-state index is 13.0. The number of halogens is 2. The second-order valence-corrected chi connectivity index (χ2v) is 7.02. The molecule has 28 heavy (non-hydrogen) atoms. The lowest BCUT2D eigenvalue weighted by atomic mass is 10.1. The van der Waals surface area contributed by atoms with Crippen LogP contribution in [0.25, 0.3) is 0 Å². The highest BCUT2D eigenvalue weighted by atomic mass is 35.5. The van der Waals surface area contributed by atoms with Gasteiger partial charge in [0.05, 0.1) is 12.1 Å². The van der Waals surface area contributed by atoms with E-state index in [9.17, 15) is 4.39 Å². The zero-order chi connectivity index (χ0) is 19.9. The van der Waals surface area contributed by atoms with Gasteiger partial charge in [0.2, 0.25) is 0 Å². The number of methoxy groups -OCH3 is 1. The van der Waals surface area contributed by atoms with Crippen LogP contribution in [0.4, 0.5) is 4.39 Å². The van der Waals surface area contributed by atoms with E-state index < -0.39 is 0 Å². The maximum atomic E-state index is 13.0. The second-order valence-electron chi connectivity index (χ2n) is 6.61. The highest BCUT2D eigenvalue weighted by Gasteiger charge is 2.12. The first-order valence-corrected chi connectivity index (χ1v) is 9.43. The van der Waals surface area contributed by atoms with Gasteiger partial charge in [-0.25, -0.2) is 4.39 Å². The number of aryl methyl sites for hydroxylation is 1. The van der Waals surface area contributed by atoms with Crippen LogP contribution in [0.15, 0.2) is 60.7 Å². The third-order valence-corrected chi connectivity index (χ3v) is 4.65. The average molecular weight is 400 g/mol. The molecule has 146 valence electrons. The van der Waals surface area contributed by atoms with E-state index in [0.29, 0.717) is 23.1 Å². The molecular weight excluding hydrogens is 377 g/mol. The lowest BCUT2D eigenvalue weighted by Gasteiger charge is -2.15. The Kier molecular flexibility index (Phi) is 6.90. The first kappa shape index (κ1) is 20.2. The second kappa shape index (κ2) is 9.58. The highest BCUT2D eigenvalue weighted by Crippen LogP contribution is 2.37. The van der Waals surface area contributed by atoms with Gasteiger partial charge in [0.1, 0.15) is 12.4 Å². The summed E-state index contributed by atoms with van der Waals surface area (Å²) in [6.07, 6.45) is 0. The van der Waals surface area contributed by atoms with Crippen LogP contribution in [-0.2, 0) is 19.7 Å². The molecule has 5 heteroatoms. The summed E-state index contributed by atoms with van der Waals surface area (Å²) in [6.45, 7) is 3.78. The lowest BCUT2D eigenvalue weighted by Crippen LogP contribution is -2.13. The van der Waals surface area contributed by atoms with Crippen molar-refractivity contribution in [2.75, 3.05) is 7.11 Å². The SMILES string of the molecule is COc1cc(CNCc2ccc(C)cc2)cc(Cl)c1OCc1ccc(F)cc1. The number of hydrogen-bond acceptors (Lipinski definition) is 3. The van der Waals surface area contributed by atoms with E-state index >= 15 is 0 Å². The molecule has 0 amide bonds. The number of ether oxygens (including phenoxy) is 2. The Hall–Kier alpha value is -2.56. The van der Waals surface area contributed by atoms with Crippen molar-refractivity contribution in [1.29, 1.82) is 0 Å². The zero-order valence-corrected chi connectivity index (χ0v) is 16.7. The Morgan fingerprint density at radius 2 is 1.54 bits per heavy atom. The molecule has 0 fully saturated rings. The predicted molar refractivity (Wildman–Crippen MR) is 110 cm³/mol. The minimum absolute atomic E-state index is 0.276. The normalized spacial score (nSPS) is 10.7. The summed E-state index contributed by atoms with van der Waals surface area (Å²) in [6, 6.07) is 18.4. The van der Waals surface area contributed by atoms with Gasteiger partial charge < -0.3 is 14.8 Å². The van der Waals surface area contributed by atoms with Crippen molar-refractivity contribution in [3.8, 4) is 11.5 Å². The zero-order valence-electron chi connectivity index (χ0n) is 16.0. The summed E-state index contributed by atoms with van der Waals surface area (Å²) < 4.78 is 24.3. The molecule has 0 bridgehead atoms. The Bertz CT molecular complexity index is 911. The fourth-order valence-electron chi connectivity index (χ4n) is 2.81. The molecule has 3 nitrogen and oxygen atoms in total. The van der Waals surface area contributed by atoms with Crippen molar-refractivity contribution >= 4 is 11.6 Å². The van der Waals surface area contributed by atoms with Gasteiger partial charge in [-0.2, -0.15) is 0 Å². The van der Waals surface area contributed by atoms with E-state index in [2.05, 4.69) is 36.5 Å². The highest BCUT2D eigenvalue weighted by molar-refractivity contribution is 6.32. The van der Waals surface area contributed by atoms with E-state index in [0.717, 1.165) is 17.7 Å². The van der Waals surface area contributed by atoms with Gasteiger partial charge in [0.25, 0.3) is 0 Å². The summed E-state index contributed by atoms with van der Waals surface area (Å²) in [7, 11) is 1.58. The molecule has 0 aliphatic carbocycles. The van der Waals surface area contributed by atoms with Crippen LogP contribution in [0.1, 0.15) is 22.3 Å². The van der Waals surface area contributed by atoms with Gasteiger partial charge in [-0.15, -0.1) is 0 Å². The molecule has 0 radical (unpaired) electrons. The summed E-state index contributed by atoms with van der Waals surface area (Å²) in [5.74, 6) is 0.777. The molecule has 0 spiro atoms. The van der Waals surface area contributed by atoms with Crippen molar-refractivity contribution in [2.45, 2.75) is 26.6 Å². The van der Waals surface area contributed by atoms with Crippen molar-refractivity contribution < 1.29 is 13.9 Å². The van der Waals surface area contributed by atoms with Gasteiger partial charge in [-0.1, -0.05) is 53.6 Å². The van der Waals surface area contributed by atoms with E-state index in [1.165, 1.54) is 23.3 Å². The van der Waals surface area contributed by atoms with Gasteiger partial charge >= 0.3 is 0 Å². The average Bonchev–Trinajstić information content (AvgIpc) is 2.69. The van der Waals surface area contributed by atoms with Crippen LogP contribution in [-0.4, -0.2) is 7.11 Å². The monoisotopic (exact) mass is 399 g/mol. The molecule has 3 rings (SSSR count). The predicted octanol–water partition coefficient (Wildman–Crippen LogP) is 5.66. The van der Waals surface area contributed by atoms with Gasteiger partial charge in [-0.3, -0.25) is 0 Å². The molecule has 0 saturated carbocycles. The van der Waals surface area contributed by atoms with Gasteiger partial charge in [0, 0.05) is 13.1 Å². The molecule has 0 aliphatic rings. The van der Waals surface area contributed by atoms with E-state index in [1.54, 1.807) is 19.2 Å². The summed E-state index contributed by atoms with van der Waals surface area (Å²) in [5, 5.41) is 3.89. The summed E-state index contributed by atoms with van der Waals surface area (Å²) in [4.78, 5) is 0. The first-order valence-electron chi connectivity index (χ1n) is 9.05. The van der Waals surface area contributed by atoms with Crippen LogP contribution >= 0.6 is 11.6 Å². The summed E-state index contributed by atoms with van der Waals surface area (Å²) >= 11 is 6.43. The lowest BCUT2D eigenvalue weighted by molar-refractivity contribution is 0.284. The fourth-order valence-corrected chi connectivity index (χ4v) is 3.10. The van der Waals surface area contributed by atoms with Crippen LogP contribution in [0, 0.1) is 12.7 Å². The molecule has 0 aromatic heterocycles. The summed E-state index contributed by atoms with van der Waals surface area (Å²) in [5.41, 5.74) is 4.32. The fraction of sp³-hybridized carbons (Fsp3) is 0.217. The Labute approximate surface area is 170 Å². The number of rotatable bonds is 8. The number of benzene rings is 3. The van der Waals surface area contributed by atoms with E-state index in [1.807, 2.05) is 12.1 Å². The van der Waals surface area contributed by atoms with Gasteiger partial charge in [-0.05, 0) is 47.9 Å². The number of hydrogen-bond donors (Lipinski definition) is 1. The van der Waals surface area contributed by atoms with Crippen LogP contribution in [0.3, 0.4) is 0 Å². The van der Waals surface area contributed by atoms with Crippen molar-refractivity contribution in [1.82, 2.24) is 5.32 Å². The van der Waals surface area contributed by atoms with Gasteiger partial charge in [0.15, 0.2) is 11.5 Å².